The Morgan fingerprint density at radius 3 is 2.17 bits per heavy atom. The molecular weight excluding hydrogens is 552 g/mol. The van der Waals surface area contributed by atoms with Gasteiger partial charge < -0.3 is 29.9 Å². The minimum atomic E-state index is -0.882. The van der Waals surface area contributed by atoms with E-state index in [1.54, 1.807) is 43.4 Å². The molecular formula is C32H38N4O5S. The van der Waals surface area contributed by atoms with Crippen molar-refractivity contribution in [2.24, 2.45) is 5.92 Å². The number of nitrogens with zero attached hydrogens (tertiary/aromatic N) is 2. The van der Waals surface area contributed by atoms with Crippen LogP contribution in [0.25, 0.3) is 0 Å². The van der Waals surface area contributed by atoms with Gasteiger partial charge in [-0.15, -0.1) is 11.3 Å². The van der Waals surface area contributed by atoms with Gasteiger partial charge in [0.2, 0.25) is 5.91 Å². The van der Waals surface area contributed by atoms with Crippen molar-refractivity contribution in [1.82, 2.24) is 20.4 Å². The Morgan fingerprint density at radius 2 is 1.60 bits per heavy atom. The molecule has 2 aliphatic heterocycles. The molecule has 0 aliphatic carbocycles. The summed E-state index contributed by atoms with van der Waals surface area (Å²) in [4.78, 5) is 47.6. The van der Waals surface area contributed by atoms with Crippen molar-refractivity contribution in [3.8, 4) is 11.5 Å². The van der Waals surface area contributed by atoms with Crippen LogP contribution in [0.15, 0.2) is 66.0 Å². The number of rotatable bonds is 9. The van der Waals surface area contributed by atoms with E-state index in [0.29, 0.717) is 49.8 Å². The molecule has 222 valence electrons. The topological polar surface area (TPSA) is 100 Å². The molecule has 2 aromatic carbocycles. The van der Waals surface area contributed by atoms with Gasteiger partial charge in [0, 0.05) is 49.1 Å². The lowest BCUT2D eigenvalue weighted by Gasteiger charge is -2.36. The Labute approximate surface area is 250 Å². The van der Waals surface area contributed by atoms with E-state index in [4.69, 9.17) is 9.47 Å². The molecule has 3 amide bonds. The summed E-state index contributed by atoms with van der Waals surface area (Å²) in [5.41, 5.74) is 1.31. The molecule has 42 heavy (non-hydrogen) atoms. The van der Waals surface area contributed by atoms with Crippen molar-refractivity contribution < 1.29 is 23.9 Å². The van der Waals surface area contributed by atoms with Crippen LogP contribution >= 0.6 is 11.3 Å². The van der Waals surface area contributed by atoms with Crippen molar-refractivity contribution in [2.45, 2.75) is 31.3 Å². The highest BCUT2D eigenvalue weighted by Gasteiger charge is 2.58. The molecule has 0 spiro atoms. The number of carbonyl (C=O) groups excluding carboxylic acids is 3. The summed E-state index contributed by atoms with van der Waals surface area (Å²) in [6, 6.07) is 16.6. The first-order valence-electron chi connectivity index (χ1n) is 14.4. The fourth-order valence-corrected chi connectivity index (χ4v) is 6.95. The van der Waals surface area contributed by atoms with Gasteiger partial charge in [0.05, 0.1) is 26.2 Å². The Morgan fingerprint density at radius 1 is 0.952 bits per heavy atom. The van der Waals surface area contributed by atoms with Crippen molar-refractivity contribution in [3.05, 3.63) is 82.0 Å². The lowest BCUT2D eigenvalue weighted by Crippen LogP contribution is -2.56. The predicted molar refractivity (Wildman–Crippen MR) is 162 cm³/mol. The number of thiophene rings is 1. The van der Waals surface area contributed by atoms with Crippen LogP contribution in [0.4, 0.5) is 4.79 Å². The highest BCUT2D eigenvalue weighted by atomic mass is 32.1. The predicted octanol–water partition coefficient (Wildman–Crippen LogP) is 4.32. The fourth-order valence-electron chi connectivity index (χ4n) is 6.08. The molecule has 0 bridgehead atoms. The first-order chi connectivity index (χ1) is 20.5. The van der Waals surface area contributed by atoms with Gasteiger partial charge in [-0.25, -0.2) is 4.79 Å². The van der Waals surface area contributed by atoms with Gasteiger partial charge in [-0.2, -0.15) is 0 Å². The van der Waals surface area contributed by atoms with E-state index in [1.165, 1.54) is 11.3 Å². The van der Waals surface area contributed by atoms with Crippen LogP contribution < -0.4 is 20.1 Å². The van der Waals surface area contributed by atoms with Gasteiger partial charge in [-0.1, -0.05) is 25.1 Å². The van der Waals surface area contributed by atoms with E-state index in [-0.39, 0.29) is 17.7 Å². The molecule has 2 N–H and O–H groups in total. The number of methoxy groups -OCH3 is 2. The number of likely N-dealkylation sites (tertiary alicyclic amines) is 1. The minimum Gasteiger partial charge on any atom is -0.497 e. The number of piperazine rings is 1. The second-order valence-electron chi connectivity index (χ2n) is 10.5. The Bertz CT molecular complexity index is 1360. The van der Waals surface area contributed by atoms with Crippen LogP contribution in [-0.4, -0.2) is 80.5 Å². The maximum absolute atomic E-state index is 14.6. The molecule has 3 aromatic rings. The molecule has 0 saturated carbocycles. The maximum atomic E-state index is 14.6. The Hall–Kier alpha value is -3.89. The number of hydrogen-bond donors (Lipinski definition) is 2. The molecule has 4 unspecified atom stereocenters. The number of amides is 3. The molecule has 2 saturated heterocycles. The van der Waals surface area contributed by atoms with Crippen LogP contribution in [0.1, 0.15) is 46.1 Å². The number of hydrogen-bond acceptors (Lipinski definition) is 7. The number of ketones is 1. The summed E-state index contributed by atoms with van der Waals surface area (Å²) in [5, 5.41) is 8.27. The molecule has 10 heteroatoms. The van der Waals surface area contributed by atoms with E-state index in [1.807, 2.05) is 53.6 Å². The monoisotopic (exact) mass is 590 g/mol. The zero-order chi connectivity index (χ0) is 29.6. The van der Waals surface area contributed by atoms with E-state index < -0.39 is 23.9 Å². The van der Waals surface area contributed by atoms with Crippen LogP contribution in [0.2, 0.25) is 0 Å². The number of Topliss-reactive ketones (excluding diaryl/α,β-unsaturated/α-hetero) is 1. The van der Waals surface area contributed by atoms with Crippen LogP contribution in [-0.2, 0) is 4.79 Å². The largest absolute Gasteiger partial charge is 0.497 e. The van der Waals surface area contributed by atoms with E-state index >= 15 is 0 Å². The number of benzene rings is 2. The Kier molecular flexibility index (Phi) is 9.44. The lowest BCUT2D eigenvalue weighted by molar-refractivity contribution is -0.136. The summed E-state index contributed by atoms with van der Waals surface area (Å²) in [6.07, 6.45) is 0.746. The van der Waals surface area contributed by atoms with E-state index in [0.717, 1.165) is 16.9 Å². The first kappa shape index (κ1) is 29.6. The van der Waals surface area contributed by atoms with Gasteiger partial charge in [0.25, 0.3) is 0 Å². The lowest BCUT2D eigenvalue weighted by atomic mass is 9.77. The van der Waals surface area contributed by atoms with Gasteiger partial charge >= 0.3 is 6.03 Å². The number of ether oxygens (including phenoxy) is 2. The summed E-state index contributed by atoms with van der Waals surface area (Å²) < 4.78 is 10.7. The molecule has 1 aromatic heterocycles. The van der Waals surface area contributed by atoms with Crippen molar-refractivity contribution in [1.29, 1.82) is 0 Å². The summed E-state index contributed by atoms with van der Waals surface area (Å²) in [7, 11) is 3.18. The van der Waals surface area contributed by atoms with E-state index in [2.05, 4.69) is 10.6 Å². The average Bonchev–Trinajstić information content (AvgIpc) is 3.70. The standard InChI is InChI=1S/C32H38N4O5S/c1-4-15-34-32(39)36-28(25-6-5-20-42-25)27(30(37)22-9-13-24(41-3)14-10-22)26(21-7-11-23(40-2)12-8-21)29(36)31(38)35-18-16-33-17-19-35/h5-14,20,26-29,33H,4,15-19H2,1-3H3,(H,34,39). The van der Waals surface area contributed by atoms with Crippen LogP contribution in [0, 0.1) is 5.92 Å². The second-order valence-corrected chi connectivity index (χ2v) is 11.5. The fraction of sp³-hybridized carbons (Fsp3) is 0.406. The molecule has 9 nitrogen and oxygen atoms in total. The van der Waals surface area contributed by atoms with Gasteiger partial charge in [-0.3, -0.25) is 9.59 Å². The van der Waals surface area contributed by atoms with Crippen molar-refractivity contribution in [2.75, 3.05) is 46.9 Å². The Balaban J connectivity index is 1.70. The molecule has 2 aliphatic rings. The number of carbonyl (C=O) groups is 3. The quantitative estimate of drug-likeness (QED) is 0.360. The third-order valence-electron chi connectivity index (χ3n) is 8.12. The minimum absolute atomic E-state index is 0.124. The number of urea groups is 1. The summed E-state index contributed by atoms with van der Waals surface area (Å²) in [6.45, 7) is 4.88. The smallest absolute Gasteiger partial charge is 0.318 e. The molecule has 5 rings (SSSR count). The maximum Gasteiger partial charge on any atom is 0.318 e. The zero-order valence-corrected chi connectivity index (χ0v) is 25.1. The van der Waals surface area contributed by atoms with Gasteiger partial charge in [0.1, 0.15) is 17.5 Å². The van der Waals surface area contributed by atoms with Gasteiger partial charge in [-0.05, 0) is 59.8 Å². The molecule has 0 radical (unpaired) electrons. The van der Waals surface area contributed by atoms with E-state index in [9.17, 15) is 14.4 Å². The highest BCUT2D eigenvalue weighted by molar-refractivity contribution is 7.10. The summed E-state index contributed by atoms with van der Waals surface area (Å²) in [5.74, 6) is -0.252. The normalized spacial score (nSPS) is 22.1. The summed E-state index contributed by atoms with van der Waals surface area (Å²) >= 11 is 1.49. The third-order valence-corrected chi connectivity index (χ3v) is 9.06. The molecule has 4 atom stereocenters. The van der Waals surface area contributed by atoms with Crippen LogP contribution in [0.5, 0.6) is 11.5 Å². The number of nitrogens with one attached hydrogen (secondary N) is 2. The van der Waals surface area contributed by atoms with Crippen LogP contribution in [0.3, 0.4) is 0 Å². The van der Waals surface area contributed by atoms with Gasteiger partial charge in [0.15, 0.2) is 5.78 Å². The second kappa shape index (κ2) is 13.4. The van der Waals surface area contributed by atoms with Crippen molar-refractivity contribution >= 4 is 29.1 Å². The zero-order valence-electron chi connectivity index (χ0n) is 24.2. The highest BCUT2D eigenvalue weighted by Crippen LogP contribution is 2.52. The SMILES string of the molecule is CCCNC(=O)N1C(C(=O)N2CCNCC2)C(c2ccc(OC)cc2)C(C(=O)c2ccc(OC)cc2)C1c1cccs1. The molecule has 2 fully saturated rings. The molecule has 3 heterocycles. The first-order valence-corrected chi connectivity index (χ1v) is 15.3. The third kappa shape index (κ3) is 5.87. The van der Waals surface area contributed by atoms with Crippen molar-refractivity contribution in [3.63, 3.8) is 0 Å². The average molecular weight is 591 g/mol.